The van der Waals surface area contributed by atoms with Gasteiger partial charge in [0.1, 0.15) is 0 Å². The van der Waals surface area contributed by atoms with Crippen molar-refractivity contribution >= 4 is 11.6 Å². The normalized spacial score (nSPS) is 10.8. The van der Waals surface area contributed by atoms with Crippen molar-refractivity contribution in [3.8, 4) is 0 Å². The largest absolute Gasteiger partial charge is 0.312 e. The lowest BCUT2D eigenvalue weighted by molar-refractivity contribution is 0.686. The topological polar surface area (TPSA) is 29.9 Å². The maximum Gasteiger partial charge on any atom is 0.0522 e. The third kappa shape index (κ3) is 3.86. The zero-order chi connectivity index (χ0) is 12.8. The number of alkyl halides is 1. The minimum atomic E-state index is 0.578. The molecular formula is C14H18ClN3. The first-order chi connectivity index (χ1) is 8.78. The summed E-state index contributed by atoms with van der Waals surface area (Å²) in [6.07, 6.45) is 4.97. The number of benzene rings is 1. The van der Waals surface area contributed by atoms with Crippen LogP contribution in [0.15, 0.2) is 36.7 Å². The Labute approximate surface area is 113 Å². The van der Waals surface area contributed by atoms with Gasteiger partial charge in [-0.25, -0.2) is 0 Å². The van der Waals surface area contributed by atoms with Gasteiger partial charge in [0.05, 0.1) is 6.20 Å². The van der Waals surface area contributed by atoms with E-state index in [2.05, 4.69) is 40.9 Å². The summed E-state index contributed by atoms with van der Waals surface area (Å²) in [5.74, 6) is 0.578. The van der Waals surface area contributed by atoms with Crippen molar-refractivity contribution in [2.24, 2.45) is 7.05 Å². The maximum atomic E-state index is 5.75. The summed E-state index contributed by atoms with van der Waals surface area (Å²) in [5.41, 5.74) is 3.72. The van der Waals surface area contributed by atoms with Gasteiger partial charge in [-0.3, -0.25) is 4.68 Å². The zero-order valence-corrected chi connectivity index (χ0v) is 11.3. The highest BCUT2D eigenvalue weighted by Crippen LogP contribution is 2.06. The van der Waals surface area contributed by atoms with E-state index in [1.807, 2.05) is 17.9 Å². The van der Waals surface area contributed by atoms with Crippen molar-refractivity contribution < 1.29 is 0 Å². The number of aromatic nitrogens is 2. The number of nitrogens with zero attached hydrogens (tertiary/aromatic N) is 2. The average molecular weight is 264 g/mol. The van der Waals surface area contributed by atoms with Gasteiger partial charge in [-0.1, -0.05) is 24.3 Å². The molecule has 18 heavy (non-hydrogen) atoms. The molecule has 0 spiro atoms. The molecule has 0 aliphatic heterocycles. The van der Waals surface area contributed by atoms with E-state index in [9.17, 15) is 0 Å². The van der Waals surface area contributed by atoms with Gasteiger partial charge in [0.2, 0.25) is 0 Å². The van der Waals surface area contributed by atoms with E-state index >= 15 is 0 Å². The predicted octanol–water partition coefficient (Wildman–Crippen LogP) is 2.49. The Balaban J connectivity index is 1.71. The number of rotatable bonds is 6. The van der Waals surface area contributed by atoms with Crippen LogP contribution in [0, 0.1) is 0 Å². The number of hydrogen-bond acceptors (Lipinski definition) is 2. The molecule has 0 unspecified atom stereocenters. The minimum Gasteiger partial charge on any atom is -0.312 e. The molecule has 0 bridgehead atoms. The summed E-state index contributed by atoms with van der Waals surface area (Å²) in [6, 6.07) is 8.39. The maximum absolute atomic E-state index is 5.75. The molecule has 96 valence electrons. The van der Waals surface area contributed by atoms with Crippen LogP contribution < -0.4 is 5.32 Å². The molecule has 1 N–H and O–H groups in total. The summed E-state index contributed by atoms with van der Waals surface area (Å²) in [4.78, 5) is 0. The second-order valence-corrected chi connectivity index (χ2v) is 4.67. The van der Waals surface area contributed by atoms with Crippen LogP contribution in [0.25, 0.3) is 0 Å². The lowest BCUT2D eigenvalue weighted by Crippen LogP contribution is -2.16. The van der Waals surface area contributed by atoms with E-state index < -0.39 is 0 Å². The van der Waals surface area contributed by atoms with Crippen LogP contribution in [0.1, 0.15) is 16.7 Å². The van der Waals surface area contributed by atoms with E-state index in [4.69, 9.17) is 11.6 Å². The van der Waals surface area contributed by atoms with Gasteiger partial charge in [-0.05, 0) is 29.7 Å². The van der Waals surface area contributed by atoms with Gasteiger partial charge >= 0.3 is 0 Å². The molecule has 3 nitrogen and oxygen atoms in total. The van der Waals surface area contributed by atoms with Crippen LogP contribution >= 0.6 is 11.6 Å². The lowest BCUT2D eigenvalue weighted by atomic mass is 10.1. The molecule has 1 aromatic carbocycles. The third-order valence-electron chi connectivity index (χ3n) is 2.86. The van der Waals surface area contributed by atoms with Gasteiger partial charge in [-0.15, -0.1) is 11.6 Å². The van der Waals surface area contributed by atoms with Crippen molar-refractivity contribution in [1.82, 2.24) is 15.1 Å². The SMILES string of the molecule is Cn1cc(CCNCc2ccc(CCl)cc2)cn1. The Hall–Kier alpha value is -1.32. The highest BCUT2D eigenvalue weighted by atomic mass is 35.5. The standard InChI is InChI=1S/C14H18ClN3/c1-18-11-14(10-17-18)6-7-16-9-13-4-2-12(8-15)3-5-13/h2-5,10-11,16H,6-9H2,1H3. The highest BCUT2D eigenvalue weighted by Gasteiger charge is 1.97. The molecule has 0 radical (unpaired) electrons. The molecule has 0 aliphatic carbocycles. The fraction of sp³-hybridized carbons (Fsp3) is 0.357. The highest BCUT2D eigenvalue weighted by molar-refractivity contribution is 6.17. The second-order valence-electron chi connectivity index (χ2n) is 4.40. The van der Waals surface area contributed by atoms with E-state index in [0.717, 1.165) is 25.1 Å². The van der Waals surface area contributed by atoms with Crippen LogP contribution in [-0.2, 0) is 25.9 Å². The number of nitrogens with one attached hydrogen (secondary N) is 1. The van der Waals surface area contributed by atoms with E-state index in [-0.39, 0.29) is 0 Å². The fourth-order valence-electron chi connectivity index (χ4n) is 1.81. The number of aryl methyl sites for hydroxylation is 1. The Morgan fingerprint density at radius 1 is 1.17 bits per heavy atom. The molecule has 4 heteroatoms. The van der Waals surface area contributed by atoms with E-state index in [0.29, 0.717) is 5.88 Å². The monoisotopic (exact) mass is 263 g/mol. The first-order valence-electron chi connectivity index (χ1n) is 6.10. The average Bonchev–Trinajstić information content (AvgIpc) is 2.81. The van der Waals surface area contributed by atoms with Gasteiger partial charge < -0.3 is 5.32 Å². The molecule has 1 heterocycles. The van der Waals surface area contributed by atoms with Gasteiger partial charge in [-0.2, -0.15) is 5.10 Å². The zero-order valence-electron chi connectivity index (χ0n) is 10.6. The van der Waals surface area contributed by atoms with Crippen molar-refractivity contribution in [1.29, 1.82) is 0 Å². The molecule has 0 atom stereocenters. The first kappa shape index (κ1) is 13.1. The van der Waals surface area contributed by atoms with Crippen molar-refractivity contribution in [3.63, 3.8) is 0 Å². The van der Waals surface area contributed by atoms with Crippen LogP contribution in [0.3, 0.4) is 0 Å². The van der Waals surface area contributed by atoms with Gasteiger partial charge in [0, 0.05) is 25.7 Å². The van der Waals surface area contributed by atoms with Gasteiger partial charge in [0.25, 0.3) is 0 Å². The molecule has 0 saturated heterocycles. The van der Waals surface area contributed by atoms with Crippen LogP contribution in [-0.4, -0.2) is 16.3 Å². The van der Waals surface area contributed by atoms with Crippen LogP contribution in [0.5, 0.6) is 0 Å². The Morgan fingerprint density at radius 3 is 2.50 bits per heavy atom. The molecule has 0 aliphatic rings. The summed E-state index contributed by atoms with van der Waals surface area (Å²) in [5, 5.41) is 7.58. The molecule has 2 aromatic rings. The van der Waals surface area contributed by atoms with E-state index in [1.165, 1.54) is 11.1 Å². The molecule has 0 saturated carbocycles. The molecule has 0 amide bonds. The molecular weight excluding hydrogens is 246 g/mol. The van der Waals surface area contributed by atoms with Crippen molar-refractivity contribution in [2.45, 2.75) is 18.8 Å². The summed E-state index contributed by atoms with van der Waals surface area (Å²) in [6.45, 7) is 1.85. The van der Waals surface area contributed by atoms with E-state index in [1.54, 1.807) is 0 Å². The molecule has 2 rings (SSSR count). The number of halogens is 1. The van der Waals surface area contributed by atoms with Crippen molar-refractivity contribution in [2.75, 3.05) is 6.54 Å². The summed E-state index contributed by atoms with van der Waals surface area (Å²) in [7, 11) is 1.94. The lowest BCUT2D eigenvalue weighted by Gasteiger charge is -2.04. The third-order valence-corrected chi connectivity index (χ3v) is 3.16. The molecule has 0 fully saturated rings. The Kier molecular flexibility index (Phi) is 4.79. The van der Waals surface area contributed by atoms with Crippen molar-refractivity contribution in [3.05, 3.63) is 53.3 Å². The predicted molar refractivity (Wildman–Crippen MR) is 74.6 cm³/mol. The smallest absolute Gasteiger partial charge is 0.0522 e. The Morgan fingerprint density at radius 2 is 1.89 bits per heavy atom. The van der Waals surface area contributed by atoms with Crippen LogP contribution in [0.4, 0.5) is 0 Å². The first-order valence-corrected chi connectivity index (χ1v) is 6.63. The number of hydrogen-bond donors (Lipinski definition) is 1. The summed E-state index contributed by atoms with van der Waals surface area (Å²) >= 11 is 5.75. The fourth-order valence-corrected chi connectivity index (χ4v) is 1.99. The molecule has 1 aromatic heterocycles. The quantitative estimate of drug-likeness (QED) is 0.641. The van der Waals surface area contributed by atoms with Crippen LogP contribution in [0.2, 0.25) is 0 Å². The summed E-state index contributed by atoms with van der Waals surface area (Å²) < 4.78 is 1.83. The Bertz CT molecular complexity index is 476. The second kappa shape index (κ2) is 6.57. The van der Waals surface area contributed by atoms with Gasteiger partial charge in [0.15, 0.2) is 0 Å². The minimum absolute atomic E-state index is 0.578.